The monoisotopic (exact) mass is 318 g/mol. The lowest BCUT2D eigenvalue weighted by atomic mass is 10.3. The highest BCUT2D eigenvalue weighted by Crippen LogP contribution is 2.25. The van der Waals surface area contributed by atoms with Gasteiger partial charge in [-0.15, -0.1) is 0 Å². The van der Waals surface area contributed by atoms with Crippen LogP contribution >= 0.6 is 0 Å². The molecule has 0 saturated heterocycles. The van der Waals surface area contributed by atoms with Gasteiger partial charge in [-0.2, -0.15) is 0 Å². The standard InChI is InChI=1S/C16H38O2Si2/c1-8-19(9-2,10-3)17-15-14-16(7)18-20(11-4,12-5)13-6/h16H,8-15H2,1-7H3. The summed E-state index contributed by atoms with van der Waals surface area (Å²) in [6.45, 7) is 16.9. The van der Waals surface area contributed by atoms with Crippen LogP contribution in [0.3, 0.4) is 0 Å². The second-order valence-corrected chi connectivity index (χ2v) is 15.6. The van der Waals surface area contributed by atoms with E-state index in [-0.39, 0.29) is 0 Å². The van der Waals surface area contributed by atoms with Crippen molar-refractivity contribution in [2.75, 3.05) is 6.61 Å². The molecule has 20 heavy (non-hydrogen) atoms. The third-order valence-corrected chi connectivity index (χ3v) is 14.7. The van der Waals surface area contributed by atoms with E-state index in [0.29, 0.717) is 6.10 Å². The van der Waals surface area contributed by atoms with E-state index in [4.69, 9.17) is 8.85 Å². The summed E-state index contributed by atoms with van der Waals surface area (Å²) in [4.78, 5) is 0. The minimum atomic E-state index is -1.45. The van der Waals surface area contributed by atoms with Gasteiger partial charge in [0.25, 0.3) is 0 Å². The summed E-state index contributed by atoms with van der Waals surface area (Å²) < 4.78 is 12.8. The van der Waals surface area contributed by atoms with Crippen molar-refractivity contribution in [2.24, 2.45) is 0 Å². The van der Waals surface area contributed by atoms with Crippen LogP contribution < -0.4 is 0 Å². The summed E-state index contributed by atoms with van der Waals surface area (Å²) in [5.74, 6) is 0. The van der Waals surface area contributed by atoms with Crippen LogP contribution in [0.4, 0.5) is 0 Å². The van der Waals surface area contributed by atoms with Gasteiger partial charge < -0.3 is 8.85 Å². The average Bonchev–Trinajstić information content (AvgIpc) is 2.50. The van der Waals surface area contributed by atoms with Gasteiger partial charge >= 0.3 is 0 Å². The van der Waals surface area contributed by atoms with Gasteiger partial charge in [0.2, 0.25) is 0 Å². The number of rotatable bonds is 12. The summed E-state index contributed by atoms with van der Waals surface area (Å²) in [5.41, 5.74) is 0. The van der Waals surface area contributed by atoms with Crippen molar-refractivity contribution in [3.63, 3.8) is 0 Å². The fraction of sp³-hybridized carbons (Fsp3) is 1.00. The van der Waals surface area contributed by atoms with E-state index in [9.17, 15) is 0 Å². The van der Waals surface area contributed by atoms with Crippen molar-refractivity contribution in [3.8, 4) is 0 Å². The lowest BCUT2D eigenvalue weighted by Gasteiger charge is -2.33. The molecule has 0 spiro atoms. The van der Waals surface area contributed by atoms with E-state index in [1.807, 2.05) is 0 Å². The van der Waals surface area contributed by atoms with Crippen molar-refractivity contribution in [2.45, 2.75) is 97.3 Å². The maximum atomic E-state index is 6.48. The molecule has 0 aromatic carbocycles. The van der Waals surface area contributed by atoms with Crippen LogP contribution in [0.1, 0.15) is 54.9 Å². The first-order chi connectivity index (χ1) is 9.46. The van der Waals surface area contributed by atoms with E-state index in [0.717, 1.165) is 13.0 Å². The van der Waals surface area contributed by atoms with E-state index in [2.05, 4.69) is 48.5 Å². The fourth-order valence-electron chi connectivity index (χ4n) is 2.98. The summed E-state index contributed by atoms with van der Waals surface area (Å²) in [5, 5.41) is 0. The lowest BCUT2D eigenvalue weighted by molar-refractivity contribution is 0.161. The molecule has 1 unspecified atom stereocenters. The van der Waals surface area contributed by atoms with Crippen molar-refractivity contribution in [1.29, 1.82) is 0 Å². The Morgan fingerprint density at radius 3 is 1.45 bits per heavy atom. The highest BCUT2D eigenvalue weighted by atomic mass is 28.4. The Bertz CT molecular complexity index is 222. The lowest BCUT2D eigenvalue weighted by Crippen LogP contribution is -2.40. The SMILES string of the molecule is CC[Si](CC)(CC)OCCC(C)O[Si](CC)(CC)CC. The summed E-state index contributed by atoms with van der Waals surface area (Å²) >= 11 is 0. The molecule has 4 heteroatoms. The second kappa shape index (κ2) is 10.1. The molecule has 0 aromatic heterocycles. The Kier molecular flexibility index (Phi) is 10.3. The minimum Gasteiger partial charge on any atom is -0.417 e. The van der Waals surface area contributed by atoms with Crippen LogP contribution in [0.15, 0.2) is 0 Å². The maximum Gasteiger partial charge on any atom is 0.192 e. The first-order valence-electron chi connectivity index (χ1n) is 8.78. The third-order valence-electron chi connectivity index (χ3n) is 5.25. The van der Waals surface area contributed by atoms with Gasteiger partial charge in [0.1, 0.15) is 0 Å². The minimum absolute atomic E-state index is 0.360. The molecule has 0 N–H and O–H groups in total. The summed E-state index contributed by atoms with van der Waals surface area (Å²) in [6.07, 6.45) is 1.42. The Morgan fingerprint density at radius 1 is 0.700 bits per heavy atom. The van der Waals surface area contributed by atoms with Gasteiger partial charge in [0, 0.05) is 12.7 Å². The zero-order chi connectivity index (χ0) is 15.6. The van der Waals surface area contributed by atoms with Crippen LogP contribution in [-0.2, 0) is 8.85 Å². The zero-order valence-electron chi connectivity index (χ0n) is 15.1. The van der Waals surface area contributed by atoms with Crippen LogP contribution in [-0.4, -0.2) is 29.3 Å². The Balaban J connectivity index is 4.26. The first kappa shape index (κ1) is 20.4. The molecule has 1 atom stereocenters. The summed E-state index contributed by atoms with van der Waals surface area (Å²) in [7, 11) is -2.86. The first-order valence-corrected chi connectivity index (χ1v) is 13.8. The Morgan fingerprint density at radius 2 is 1.10 bits per heavy atom. The molecule has 0 aromatic rings. The predicted octanol–water partition coefficient (Wildman–Crippen LogP) is 5.81. The highest BCUT2D eigenvalue weighted by Gasteiger charge is 2.31. The molecular weight excluding hydrogens is 280 g/mol. The van der Waals surface area contributed by atoms with Gasteiger partial charge in [0.15, 0.2) is 16.6 Å². The van der Waals surface area contributed by atoms with Crippen LogP contribution in [0.2, 0.25) is 36.3 Å². The maximum absolute atomic E-state index is 6.48. The van der Waals surface area contributed by atoms with Crippen molar-refractivity contribution in [1.82, 2.24) is 0 Å². The highest BCUT2D eigenvalue weighted by molar-refractivity contribution is 6.74. The normalized spacial score (nSPS) is 14.6. The van der Waals surface area contributed by atoms with Crippen LogP contribution in [0, 0.1) is 0 Å². The van der Waals surface area contributed by atoms with Crippen LogP contribution in [0.25, 0.3) is 0 Å². The zero-order valence-corrected chi connectivity index (χ0v) is 17.1. The van der Waals surface area contributed by atoms with Gasteiger partial charge in [-0.3, -0.25) is 0 Å². The molecule has 0 aliphatic heterocycles. The molecule has 0 aliphatic rings. The van der Waals surface area contributed by atoms with E-state index >= 15 is 0 Å². The molecule has 0 aliphatic carbocycles. The Hall–Kier alpha value is 0.354. The van der Waals surface area contributed by atoms with E-state index in [1.54, 1.807) is 0 Å². The molecule has 122 valence electrons. The molecule has 0 rings (SSSR count). The topological polar surface area (TPSA) is 18.5 Å². The molecule has 0 heterocycles. The molecule has 0 radical (unpaired) electrons. The van der Waals surface area contributed by atoms with E-state index < -0.39 is 16.6 Å². The van der Waals surface area contributed by atoms with Gasteiger partial charge in [-0.25, -0.2) is 0 Å². The quantitative estimate of drug-likeness (QED) is 0.423. The predicted molar refractivity (Wildman–Crippen MR) is 95.5 cm³/mol. The van der Waals surface area contributed by atoms with Gasteiger partial charge in [0.05, 0.1) is 0 Å². The Labute approximate surface area is 129 Å². The molecule has 2 nitrogen and oxygen atoms in total. The molecule has 0 bridgehead atoms. The fourth-order valence-corrected chi connectivity index (χ4v) is 8.62. The molecule has 0 fully saturated rings. The van der Waals surface area contributed by atoms with Crippen LogP contribution in [0.5, 0.6) is 0 Å². The van der Waals surface area contributed by atoms with E-state index in [1.165, 1.54) is 36.3 Å². The number of hydrogen-bond donors (Lipinski definition) is 0. The van der Waals surface area contributed by atoms with Gasteiger partial charge in [-0.1, -0.05) is 41.5 Å². The third kappa shape index (κ3) is 6.00. The van der Waals surface area contributed by atoms with Crippen molar-refractivity contribution in [3.05, 3.63) is 0 Å². The molecular formula is C16H38O2Si2. The average molecular weight is 319 g/mol. The molecule has 0 saturated carbocycles. The largest absolute Gasteiger partial charge is 0.417 e. The van der Waals surface area contributed by atoms with Crippen molar-refractivity contribution < 1.29 is 8.85 Å². The second-order valence-electron chi connectivity index (χ2n) is 6.05. The van der Waals surface area contributed by atoms with Gasteiger partial charge in [-0.05, 0) is 49.6 Å². The van der Waals surface area contributed by atoms with Crippen molar-refractivity contribution >= 4 is 16.6 Å². The molecule has 0 amide bonds. The number of hydrogen-bond acceptors (Lipinski definition) is 2. The smallest absolute Gasteiger partial charge is 0.192 e. The summed E-state index contributed by atoms with van der Waals surface area (Å²) in [6, 6.07) is 7.45.